The van der Waals surface area contributed by atoms with Crippen LogP contribution in [-0.4, -0.2) is 14.5 Å². The highest BCUT2D eigenvalue weighted by molar-refractivity contribution is 7.11. The maximum absolute atomic E-state index is 6.32. The third-order valence-electron chi connectivity index (χ3n) is 3.04. The summed E-state index contributed by atoms with van der Waals surface area (Å²) in [5, 5.41) is 0.988. The summed E-state index contributed by atoms with van der Waals surface area (Å²) < 4.78 is 2.12. The van der Waals surface area contributed by atoms with Gasteiger partial charge in [-0.25, -0.2) is 9.97 Å². The normalized spacial score (nSPS) is 12.9. The lowest BCUT2D eigenvalue weighted by atomic mass is 10.2. The lowest BCUT2D eigenvalue weighted by Gasteiger charge is -2.11. The number of nitrogens with two attached hydrogens (primary N) is 1. The second-order valence-corrected chi connectivity index (χ2v) is 5.63. The van der Waals surface area contributed by atoms with E-state index in [4.69, 9.17) is 5.73 Å². The minimum absolute atomic E-state index is 0.164. The van der Waals surface area contributed by atoms with Crippen LogP contribution >= 0.6 is 11.3 Å². The predicted molar refractivity (Wildman–Crippen MR) is 74.8 cm³/mol. The molecule has 0 bridgehead atoms. The van der Waals surface area contributed by atoms with Gasteiger partial charge in [-0.15, -0.1) is 11.3 Å². The molecule has 0 amide bonds. The molecule has 0 aliphatic rings. The number of rotatable bonds is 5. The molecular weight excluding hydrogens is 244 g/mol. The Hall–Kier alpha value is -1.20. The molecule has 0 aromatic carbocycles. The molecule has 2 aromatic heterocycles. The molecule has 2 rings (SSSR count). The van der Waals surface area contributed by atoms with Gasteiger partial charge in [-0.05, 0) is 19.8 Å². The van der Waals surface area contributed by atoms with Crippen molar-refractivity contribution in [2.75, 3.05) is 0 Å². The zero-order valence-corrected chi connectivity index (χ0v) is 12.0. The van der Waals surface area contributed by atoms with E-state index in [1.165, 1.54) is 4.88 Å². The minimum atomic E-state index is -0.164. The van der Waals surface area contributed by atoms with Crippen molar-refractivity contribution in [2.24, 2.45) is 5.73 Å². The van der Waals surface area contributed by atoms with Crippen molar-refractivity contribution in [3.8, 4) is 0 Å². The third-order valence-corrected chi connectivity index (χ3v) is 4.13. The smallest absolute Gasteiger partial charge is 0.116 e. The first kappa shape index (κ1) is 13.2. The van der Waals surface area contributed by atoms with Crippen molar-refractivity contribution >= 4 is 11.3 Å². The first-order valence-electron chi connectivity index (χ1n) is 6.39. The molecule has 1 atom stereocenters. The summed E-state index contributed by atoms with van der Waals surface area (Å²) in [6.07, 6.45) is 5.74. The van der Waals surface area contributed by atoms with Crippen LogP contribution in [0.4, 0.5) is 0 Å². The van der Waals surface area contributed by atoms with E-state index in [-0.39, 0.29) is 6.04 Å². The lowest BCUT2D eigenvalue weighted by molar-refractivity contribution is 0.623. The molecule has 4 nitrogen and oxygen atoms in total. The number of imidazole rings is 1. The SMILES string of the molecule is CCCn1cncc1C(N)c1nc(CC)c(C)s1. The fourth-order valence-electron chi connectivity index (χ4n) is 2.06. The van der Waals surface area contributed by atoms with Crippen molar-refractivity contribution in [1.82, 2.24) is 14.5 Å². The van der Waals surface area contributed by atoms with Gasteiger partial charge in [-0.3, -0.25) is 0 Å². The van der Waals surface area contributed by atoms with Crippen molar-refractivity contribution in [3.63, 3.8) is 0 Å². The van der Waals surface area contributed by atoms with Crippen molar-refractivity contribution < 1.29 is 0 Å². The topological polar surface area (TPSA) is 56.7 Å². The summed E-state index contributed by atoms with van der Waals surface area (Å²) in [6, 6.07) is -0.164. The molecule has 0 spiro atoms. The molecule has 2 heterocycles. The second-order valence-electron chi connectivity index (χ2n) is 4.40. The molecule has 1 unspecified atom stereocenters. The van der Waals surface area contributed by atoms with Crippen LogP contribution in [0.25, 0.3) is 0 Å². The monoisotopic (exact) mass is 264 g/mol. The van der Waals surface area contributed by atoms with E-state index < -0.39 is 0 Å². The molecule has 98 valence electrons. The average molecular weight is 264 g/mol. The Morgan fingerprint density at radius 3 is 2.83 bits per heavy atom. The van der Waals surface area contributed by atoms with Crippen LogP contribution in [0.2, 0.25) is 0 Å². The summed E-state index contributed by atoms with van der Waals surface area (Å²) in [7, 11) is 0. The average Bonchev–Trinajstić information content (AvgIpc) is 2.95. The standard InChI is InChI=1S/C13H20N4S/c1-4-6-17-8-15-7-11(17)12(14)13-16-10(5-2)9(3)18-13/h7-8,12H,4-6,14H2,1-3H3. The Labute approximate surface area is 112 Å². The summed E-state index contributed by atoms with van der Waals surface area (Å²) in [5.74, 6) is 0. The molecular formula is C13H20N4S. The van der Waals surface area contributed by atoms with Gasteiger partial charge in [-0.2, -0.15) is 0 Å². The molecule has 0 saturated carbocycles. The van der Waals surface area contributed by atoms with Crippen molar-refractivity contribution in [3.05, 3.63) is 33.8 Å². The maximum atomic E-state index is 6.32. The van der Waals surface area contributed by atoms with Crippen LogP contribution < -0.4 is 5.73 Å². The van der Waals surface area contributed by atoms with Gasteiger partial charge >= 0.3 is 0 Å². The number of aryl methyl sites for hydroxylation is 3. The molecule has 2 N–H and O–H groups in total. The van der Waals surface area contributed by atoms with Crippen LogP contribution in [0.3, 0.4) is 0 Å². The van der Waals surface area contributed by atoms with E-state index in [0.717, 1.165) is 35.8 Å². The molecule has 0 aliphatic carbocycles. The summed E-state index contributed by atoms with van der Waals surface area (Å²) in [4.78, 5) is 10.1. The highest BCUT2D eigenvalue weighted by Gasteiger charge is 2.18. The second kappa shape index (κ2) is 5.63. The summed E-state index contributed by atoms with van der Waals surface area (Å²) >= 11 is 1.69. The Bertz CT molecular complexity index is 515. The largest absolute Gasteiger partial charge is 0.333 e. The quantitative estimate of drug-likeness (QED) is 0.903. The van der Waals surface area contributed by atoms with E-state index in [9.17, 15) is 0 Å². The Morgan fingerprint density at radius 1 is 1.44 bits per heavy atom. The number of hydrogen-bond acceptors (Lipinski definition) is 4. The van der Waals surface area contributed by atoms with E-state index in [2.05, 4.69) is 35.3 Å². The van der Waals surface area contributed by atoms with Gasteiger partial charge in [0, 0.05) is 11.4 Å². The van der Waals surface area contributed by atoms with E-state index in [0.29, 0.717) is 0 Å². The Balaban J connectivity index is 2.29. The fraction of sp³-hybridized carbons (Fsp3) is 0.538. The predicted octanol–water partition coefficient (Wildman–Crippen LogP) is 2.67. The van der Waals surface area contributed by atoms with Gasteiger partial charge in [0.25, 0.3) is 0 Å². The van der Waals surface area contributed by atoms with Crippen LogP contribution in [0.15, 0.2) is 12.5 Å². The fourth-order valence-corrected chi connectivity index (χ4v) is 3.08. The van der Waals surface area contributed by atoms with Crippen LogP contribution in [0, 0.1) is 6.92 Å². The summed E-state index contributed by atoms with van der Waals surface area (Å²) in [5.41, 5.74) is 8.52. The molecule has 18 heavy (non-hydrogen) atoms. The van der Waals surface area contributed by atoms with Gasteiger partial charge in [0.2, 0.25) is 0 Å². The highest BCUT2D eigenvalue weighted by atomic mass is 32.1. The molecule has 2 aromatic rings. The van der Waals surface area contributed by atoms with Crippen LogP contribution in [0.1, 0.15) is 47.6 Å². The Kier molecular flexibility index (Phi) is 4.14. The summed E-state index contributed by atoms with van der Waals surface area (Å²) in [6.45, 7) is 7.33. The molecule has 5 heteroatoms. The van der Waals surface area contributed by atoms with Crippen molar-refractivity contribution in [1.29, 1.82) is 0 Å². The van der Waals surface area contributed by atoms with Gasteiger partial charge in [0.05, 0.1) is 30.0 Å². The van der Waals surface area contributed by atoms with Gasteiger partial charge in [-0.1, -0.05) is 13.8 Å². The zero-order chi connectivity index (χ0) is 13.1. The molecule has 0 aliphatic heterocycles. The number of aromatic nitrogens is 3. The zero-order valence-electron chi connectivity index (χ0n) is 11.2. The number of nitrogens with zero attached hydrogens (tertiary/aromatic N) is 3. The van der Waals surface area contributed by atoms with Gasteiger partial charge in [0.1, 0.15) is 5.01 Å². The highest BCUT2D eigenvalue weighted by Crippen LogP contribution is 2.26. The molecule has 0 radical (unpaired) electrons. The van der Waals surface area contributed by atoms with E-state index >= 15 is 0 Å². The van der Waals surface area contributed by atoms with Crippen LogP contribution in [0.5, 0.6) is 0 Å². The van der Waals surface area contributed by atoms with Crippen molar-refractivity contribution in [2.45, 2.75) is 46.2 Å². The Morgan fingerprint density at radius 2 is 2.22 bits per heavy atom. The minimum Gasteiger partial charge on any atom is -0.333 e. The lowest BCUT2D eigenvalue weighted by Crippen LogP contribution is -2.16. The maximum Gasteiger partial charge on any atom is 0.116 e. The van der Waals surface area contributed by atoms with E-state index in [1.54, 1.807) is 11.3 Å². The first-order valence-corrected chi connectivity index (χ1v) is 7.20. The van der Waals surface area contributed by atoms with Gasteiger partial charge < -0.3 is 10.3 Å². The number of hydrogen-bond donors (Lipinski definition) is 1. The molecule has 0 saturated heterocycles. The van der Waals surface area contributed by atoms with Crippen LogP contribution in [-0.2, 0) is 13.0 Å². The molecule has 0 fully saturated rings. The van der Waals surface area contributed by atoms with Gasteiger partial charge in [0.15, 0.2) is 0 Å². The number of thiazole rings is 1. The first-order chi connectivity index (χ1) is 8.67. The third kappa shape index (κ3) is 2.47. The van der Waals surface area contributed by atoms with E-state index in [1.807, 2.05) is 12.5 Å².